The summed E-state index contributed by atoms with van der Waals surface area (Å²) in [6, 6.07) is 7.61. The zero-order valence-corrected chi connectivity index (χ0v) is 12.3. The molecule has 1 aromatic carbocycles. The molecule has 3 N–H and O–H groups in total. The lowest BCUT2D eigenvalue weighted by Gasteiger charge is -2.31. The standard InChI is InChI=1S/C15H25N3O/c1-5-11(3)17-15(19)12(4)18(6-2)14-10-8-7-9-13(14)16/h7-12H,5-6,16H2,1-4H3,(H,17,19). The minimum Gasteiger partial charge on any atom is -0.397 e. The lowest BCUT2D eigenvalue weighted by atomic mass is 10.1. The third kappa shape index (κ3) is 3.88. The Kier molecular flexibility index (Phi) is 5.67. The van der Waals surface area contributed by atoms with Gasteiger partial charge in [0.15, 0.2) is 0 Å². The summed E-state index contributed by atoms with van der Waals surface area (Å²) in [4.78, 5) is 14.2. The number of carbonyl (C=O) groups excluding carboxylic acids is 1. The third-order valence-electron chi connectivity index (χ3n) is 3.43. The van der Waals surface area contributed by atoms with Crippen LogP contribution in [0.2, 0.25) is 0 Å². The maximum atomic E-state index is 12.2. The first kappa shape index (κ1) is 15.3. The van der Waals surface area contributed by atoms with Gasteiger partial charge in [-0.25, -0.2) is 0 Å². The number of anilines is 2. The lowest BCUT2D eigenvalue weighted by molar-refractivity contribution is -0.122. The zero-order valence-electron chi connectivity index (χ0n) is 12.3. The van der Waals surface area contributed by atoms with Crippen molar-refractivity contribution >= 4 is 17.3 Å². The van der Waals surface area contributed by atoms with E-state index in [0.29, 0.717) is 5.69 Å². The van der Waals surface area contributed by atoms with Crippen molar-refractivity contribution in [2.75, 3.05) is 17.2 Å². The number of hydrogen-bond donors (Lipinski definition) is 2. The van der Waals surface area contributed by atoms with Crippen LogP contribution in [0.4, 0.5) is 11.4 Å². The van der Waals surface area contributed by atoms with Crippen molar-refractivity contribution in [1.29, 1.82) is 0 Å². The minimum absolute atomic E-state index is 0.0412. The van der Waals surface area contributed by atoms with Gasteiger partial charge in [-0.15, -0.1) is 0 Å². The lowest BCUT2D eigenvalue weighted by Crippen LogP contribution is -2.47. The normalized spacial score (nSPS) is 13.7. The van der Waals surface area contributed by atoms with Gasteiger partial charge in [0.05, 0.1) is 11.4 Å². The van der Waals surface area contributed by atoms with Gasteiger partial charge in [-0.1, -0.05) is 19.1 Å². The number of nitrogen functional groups attached to an aromatic ring is 1. The number of nitrogens with zero attached hydrogens (tertiary/aromatic N) is 1. The number of benzene rings is 1. The molecule has 2 unspecified atom stereocenters. The average Bonchev–Trinajstić information content (AvgIpc) is 2.41. The molecule has 2 atom stereocenters. The van der Waals surface area contributed by atoms with Gasteiger partial charge >= 0.3 is 0 Å². The monoisotopic (exact) mass is 263 g/mol. The quantitative estimate of drug-likeness (QED) is 0.775. The van der Waals surface area contributed by atoms with Crippen LogP contribution in [-0.4, -0.2) is 24.5 Å². The Morgan fingerprint density at radius 3 is 2.47 bits per heavy atom. The Hall–Kier alpha value is -1.71. The fraction of sp³-hybridized carbons (Fsp3) is 0.533. The van der Waals surface area contributed by atoms with E-state index in [-0.39, 0.29) is 18.0 Å². The van der Waals surface area contributed by atoms with Crippen molar-refractivity contribution in [3.05, 3.63) is 24.3 Å². The van der Waals surface area contributed by atoms with E-state index in [9.17, 15) is 4.79 Å². The maximum Gasteiger partial charge on any atom is 0.242 e. The molecule has 0 heterocycles. The van der Waals surface area contributed by atoms with E-state index in [1.54, 1.807) is 0 Å². The van der Waals surface area contributed by atoms with Crippen molar-refractivity contribution in [3.63, 3.8) is 0 Å². The van der Waals surface area contributed by atoms with Gasteiger partial charge in [0.2, 0.25) is 5.91 Å². The van der Waals surface area contributed by atoms with Gasteiger partial charge < -0.3 is 16.0 Å². The number of nitrogens with one attached hydrogen (secondary N) is 1. The molecule has 19 heavy (non-hydrogen) atoms. The second kappa shape index (κ2) is 7.02. The highest BCUT2D eigenvalue weighted by molar-refractivity contribution is 5.86. The van der Waals surface area contributed by atoms with Crippen LogP contribution >= 0.6 is 0 Å². The molecule has 0 aliphatic carbocycles. The molecule has 0 bridgehead atoms. The Morgan fingerprint density at radius 2 is 1.95 bits per heavy atom. The van der Waals surface area contributed by atoms with Crippen LogP contribution in [0.5, 0.6) is 0 Å². The smallest absolute Gasteiger partial charge is 0.242 e. The molecule has 0 spiro atoms. The minimum atomic E-state index is -0.233. The number of amides is 1. The van der Waals surface area contributed by atoms with E-state index in [1.165, 1.54) is 0 Å². The highest BCUT2D eigenvalue weighted by Gasteiger charge is 2.22. The maximum absolute atomic E-state index is 12.2. The summed E-state index contributed by atoms with van der Waals surface area (Å²) in [7, 11) is 0. The second-order valence-electron chi connectivity index (χ2n) is 4.84. The molecule has 4 heteroatoms. The first-order valence-corrected chi connectivity index (χ1v) is 6.92. The van der Waals surface area contributed by atoms with Crippen LogP contribution in [0.15, 0.2) is 24.3 Å². The van der Waals surface area contributed by atoms with Crippen LogP contribution in [0.1, 0.15) is 34.1 Å². The third-order valence-corrected chi connectivity index (χ3v) is 3.43. The number of nitrogens with two attached hydrogens (primary N) is 1. The summed E-state index contributed by atoms with van der Waals surface area (Å²) in [5.41, 5.74) is 7.60. The summed E-state index contributed by atoms with van der Waals surface area (Å²) >= 11 is 0. The Labute approximate surface area is 116 Å². The Balaban J connectivity index is 2.85. The molecule has 0 radical (unpaired) electrons. The molecular formula is C15H25N3O. The molecule has 0 aromatic heterocycles. The molecule has 0 saturated carbocycles. The van der Waals surface area contributed by atoms with Crippen molar-refractivity contribution < 1.29 is 4.79 Å². The largest absolute Gasteiger partial charge is 0.397 e. The van der Waals surface area contributed by atoms with Gasteiger partial charge in [-0.2, -0.15) is 0 Å². The van der Waals surface area contributed by atoms with E-state index in [1.807, 2.05) is 49.9 Å². The average molecular weight is 263 g/mol. The number of rotatable bonds is 6. The molecular weight excluding hydrogens is 238 g/mol. The van der Waals surface area contributed by atoms with Gasteiger partial charge in [-0.3, -0.25) is 4.79 Å². The van der Waals surface area contributed by atoms with E-state index in [4.69, 9.17) is 5.73 Å². The fourth-order valence-corrected chi connectivity index (χ4v) is 2.01. The van der Waals surface area contributed by atoms with E-state index >= 15 is 0 Å². The molecule has 0 aliphatic heterocycles. The molecule has 0 saturated heterocycles. The molecule has 4 nitrogen and oxygen atoms in total. The summed E-state index contributed by atoms with van der Waals surface area (Å²) in [5, 5.41) is 3.01. The number of likely N-dealkylation sites (N-methyl/N-ethyl adjacent to an activating group) is 1. The highest BCUT2D eigenvalue weighted by Crippen LogP contribution is 2.24. The Morgan fingerprint density at radius 1 is 1.32 bits per heavy atom. The van der Waals surface area contributed by atoms with Crippen molar-refractivity contribution in [1.82, 2.24) is 5.32 Å². The van der Waals surface area contributed by atoms with Crippen LogP contribution in [0, 0.1) is 0 Å². The summed E-state index contributed by atoms with van der Waals surface area (Å²) < 4.78 is 0. The SMILES string of the molecule is CCC(C)NC(=O)C(C)N(CC)c1ccccc1N. The van der Waals surface area contributed by atoms with Gasteiger partial charge in [-0.05, 0) is 39.3 Å². The summed E-state index contributed by atoms with van der Waals surface area (Å²) in [5.74, 6) is 0.0412. The molecule has 0 fully saturated rings. The molecule has 1 rings (SSSR count). The van der Waals surface area contributed by atoms with E-state index in [0.717, 1.165) is 18.7 Å². The second-order valence-corrected chi connectivity index (χ2v) is 4.84. The van der Waals surface area contributed by atoms with E-state index in [2.05, 4.69) is 12.2 Å². The fourth-order valence-electron chi connectivity index (χ4n) is 2.01. The van der Waals surface area contributed by atoms with Crippen molar-refractivity contribution in [3.8, 4) is 0 Å². The number of para-hydroxylation sites is 2. The van der Waals surface area contributed by atoms with Crippen LogP contribution in [0.3, 0.4) is 0 Å². The highest BCUT2D eigenvalue weighted by atomic mass is 16.2. The summed E-state index contributed by atoms with van der Waals surface area (Å²) in [6.45, 7) is 8.75. The van der Waals surface area contributed by atoms with Crippen LogP contribution in [-0.2, 0) is 4.79 Å². The van der Waals surface area contributed by atoms with Gasteiger partial charge in [0.1, 0.15) is 6.04 Å². The van der Waals surface area contributed by atoms with Crippen LogP contribution in [0.25, 0.3) is 0 Å². The summed E-state index contributed by atoms with van der Waals surface area (Å²) in [6.07, 6.45) is 0.929. The molecule has 1 aromatic rings. The molecule has 106 valence electrons. The number of hydrogen-bond acceptors (Lipinski definition) is 3. The van der Waals surface area contributed by atoms with E-state index < -0.39 is 0 Å². The molecule has 1 amide bonds. The molecule has 0 aliphatic rings. The Bertz CT molecular complexity index is 420. The predicted molar refractivity (Wildman–Crippen MR) is 81.2 cm³/mol. The first-order chi connectivity index (χ1) is 9.01. The predicted octanol–water partition coefficient (Wildman–Crippen LogP) is 2.40. The topological polar surface area (TPSA) is 58.4 Å². The van der Waals surface area contributed by atoms with Gasteiger partial charge in [0, 0.05) is 12.6 Å². The number of carbonyl (C=O) groups is 1. The first-order valence-electron chi connectivity index (χ1n) is 6.92. The van der Waals surface area contributed by atoms with Crippen LogP contribution < -0.4 is 16.0 Å². The zero-order chi connectivity index (χ0) is 14.4. The van der Waals surface area contributed by atoms with Crippen molar-refractivity contribution in [2.45, 2.75) is 46.2 Å². The van der Waals surface area contributed by atoms with Crippen molar-refractivity contribution in [2.24, 2.45) is 0 Å². The van der Waals surface area contributed by atoms with Gasteiger partial charge in [0.25, 0.3) is 0 Å².